The summed E-state index contributed by atoms with van der Waals surface area (Å²) in [5.74, 6) is -5.73. The molecule has 0 aromatic heterocycles. The number of aliphatic hydroxyl groups excluding tert-OH is 1. The van der Waals surface area contributed by atoms with Crippen molar-refractivity contribution in [3.05, 3.63) is 35.9 Å². The van der Waals surface area contributed by atoms with Crippen molar-refractivity contribution >= 4 is 23.8 Å². The molecule has 1 aromatic rings. The number of nitrogens with one attached hydrogen (secondary N) is 2. The number of amides is 2. The van der Waals surface area contributed by atoms with Crippen LogP contribution in [-0.4, -0.2) is 66.4 Å². The molecule has 0 fully saturated rings. The Bertz CT molecular complexity index is 772. The number of halogens is 3. The number of carbonyl (C=O) groups is 4. The third kappa shape index (κ3) is 9.00. The first-order valence-corrected chi connectivity index (χ1v) is 8.88. The van der Waals surface area contributed by atoms with Crippen LogP contribution in [-0.2, 0) is 35.3 Å². The zero-order valence-electron chi connectivity index (χ0n) is 16.3. The molecule has 1 aromatic carbocycles. The lowest BCUT2D eigenvalue weighted by Crippen LogP contribution is -2.57. The van der Waals surface area contributed by atoms with Gasteiger partial charge in [0, 0.05) is 0 Å². The molecule has 0 spiro atoms. The minimum atomic E-state index is -5.32. The van der Waals surface area contributed by atoms with Gasteiger partial charge in [-0.1, -0.05) is 30.3 Å². The fourth-order valence-corrected chi connectivity index (χ4v) is 2.14. The molecular weight excluding hydrogens is 427 g/mol. The van der Waals surface area contributed by atoms with Crippen LogP contribution in [0.4, 0.5) is 13.2 Å². The maximum atomic E-state index is 12.4. The third-order valence-corrected chi connectivity index (χ3v) is 3.70. The summed E-state index contributed by atoms with van der Waals surface area (Å²) in [6, 6.07) is 4.79. The molecule has 0 aliphatic heterocycles. The Hall–Kier alpha value is -3.19. The van der Waals surface area contributed by atoms with Crippen molar-refractivity contribution in [1.29, 1.82) is 0 Å². The second kappa shape index (κ2) is 11.9. The molecule has 31 heavy (non-hydrogen) atoms. The number of benzene rings is 1. The van der Waals surface area contributed by atoms with Crippen molar-refractivity contribution in [1.82, 2.24) is 10.6 Å². The van der Waals surface area contributed by atoms with Crippen molar-refractivity contribution in [2.24, 2.45) is 5.73 Å². The van der Waals surface area contributed by atoms with Gasteiger partial charge >= 0.3 is 18.1 Å². The molecule has 0 saturated heterocycles. The van der Waals surface area contributed by atoms with Gasteiger partial charge in [-0.15, -0.1) is 0 Å². The highest BCUT2D eigenvalue weighted by molar-refractivity contribution is 5.91. The normalized spacial score (nSPS) is 14.0. The number of hydrogen-bond acceptors (Lipinski definition) is 8. The van der Waals surface area contributed by atoms with E-state index in [1.54, 1.807) is 30.3 Å². The zero-order valence-corrected chi connectivity index (χ0v) is 16.3. The van der Waals surface area contributed by atoms with E-state index >= 15 is 0 Å². The summed E-state index contributed by atoms with van der Waals surface area (Å²) < 4.78 is 46.1. The molecule has 10 nitrogen and oxygen atoms in total. The Kier molecular flexibility index (Phi) is 9.89. The van der Waals surface area contributed by atoms with Crippen LogP contribution in [0.2, 0.25) is 0 Å². The summed E-state index contributed by atoms with van der Waals surface area (Å²) in [5.41, 5.74) is 5.67. The van der Waals surface area contributed by atoms with Gasteiger partial charge in [-0.05, 0) is 12.5 Å². The van der Waals surface area contributed by atoms with E-state index in [0.717, 1.165) is 6.92 Å². The molecule has 3 atom stereocenters. The van der Waals surface area contributed by atoms with Crippen LogP contribution in [0.15, 0.2) is 30.3 Å². The molecule has 13 heteroatoms. The summed E-state index contributed by atoms with van der Waals surface area (Å²) >= 11 is 0. The fraction of sp³-hybridized carbons (Fsp3) is 0.444. The van der Waals surface area contributed by atoms with E-state index in [1.807, 2.05) is 5.32 Å². The van der Waals surface area contributed by atoms with Crippen molar-refractivity contribution in [3.63, 3.8) is 0 Å². The first-order valence-electron chi connectivity index (χ1n) is 8.88. The van der Waals surface area contributed by atoms with Crippen LogP contribution in [0.25, 0.3) is 0 Å². The first-order chi connectivity index (χ1) is 14.5. The van der Waals surface area contributed by atoms with Gasteiger partial charge < -0.3 is 30.9 Å². The lowest BCUT2D eigenvalue weighted by atomic mass is 10.1. The first kappa shape index (κ1) is 25.8. The highest BCUT2D eigenvalue weighted by Gasteiger charge is 2.42. The van der Waals surface area contributed by atoms with Gasteiger partial charge in [-0.25, -0.2) is 9.59 Å². The summed E-state index contributed by atoms with van der Waals surface area (Å²) in [6.07, 6.45) is -6.77. The van der Waals surface area contributed by atoms with Crippen LogP contribution in [0.5, 0.6) is 0 Å². The van der Waals surface area contributed by atoms with Crippen LogP contribution in [0, 0.1) is 0 Å². The van der Waals surface area contributed by atoms with Gasteiger partial charge in [0.2, 0.25) is 11.8 Å². The average molecular weight is 449 g/mol. The van der Waals surface area contributed by atoms with Gasteiger partial charge in [-0.2, -0.15) is 13.2 Å². The SMILES string of the molecule is C[C@@H](O)[C@H](NC(=O)CN)C(=O)N[C@@H](COC(=O)C(F)(F)F)C(=O)OCc1ccccc1. The molecule has 0 radical (unpaired) electrons. The topological polar surface area (TPSA) is 157 Å². The second-order valence-electron chi connectivity index (χ2n) is 6.24. The fourth-order valence-electron chi connectivity index (χ4n) is 2.14. The van der Waals surface area contributed by atoms with E-state index < -0.39 is 61.3 Å². The maximum Gasteiger partial charge on any atom is 0.490 e. The Morgan fingerprint density at radius 2 is 1.71 bits per heavy atom. The van der Waals surface area contributed by atoms with E-state index in [1.165, 1.54) is 0 Å². The Morgan fingerprint density at radius 1 is 1.10 bits per heavy atom. The van der Waals surface area contributed by atoms with Gasteiger partial charge in [0.1, 0.15) is 19.3 Å². The highest BCUT2D eigenvalue weighted by atomic mass is 19.4. The van der Waals surface area contributed by atoms with E-state index in [-0.39, 0.29) is 6.61 Å². The number of rotatable bonds is 10. The predicted octanol–water partition coefficient (Wildman–Crippen LogP) is -0.856. The lowest BCUT2D eigenvalue weighted by molar-refractivity contribution is -0.200. The molecule has 1 rings (SSSR count). The minimum absolute atomic E-state index is 0.275. The third-order valence-electron chi connectivity index (χ3n) is 3.70. The largest absolute Gasteiger partial charge is 0.490 e. The molecule has 0 aliphatic carbocycles. The Balaban J connectivity index is 2.91. The summed E-state index contributed by atoms with van der Waals surface area (Å²) in [7, 11) is 0. The quantitative estimate of drug-likeness (QED) is 0.336. The smallest absolute Gasteiger partial charge is 0.459 e. The van der Waals surface area contributed by atoms with Crippen LogP contribution in [0.1, 0.15) is 12.5 Å². The van der Waals surface area contributed by atoms with E-state index in [2.05, 4.69) is 10.1 Å². The number of nitrogens with two attached hydrogens (primary N) is 1. The molecule has 0 heterocycles. The molecule has 2 amide bonds. The Labute approximate surface area is 174 Å². The van der Waals surface area contributed by atoms with E-state index in [4.69, 9.17) is 10.5 Å². The number of aliphatic hydroxyl groups is 1. The zero-order chi connectivity index (χ0) is 23.6. The summed E-state index contributed by atoms with van der Waals surface area (Å²) in [4.78, 5) is 47.1. The number of hydrogen-bond donors (Lipinski definition) is 4. The van der Waals surface area contributed by atoms with Crippen LogP contribution in [0.3, 0.4) is 0 Å². The van der Waals surface area contributed by atoms with Gasteiger partial charge in [0.05, 0.1) is 12.6 Å². The molecule has 0 unspecified atom stereocenters. The lowest BCUT2D eigenvalue weighted by Gasteiger charge is -2.24. The molecular formula is C18H22F3N3O7. The number of carbonyl (C=O) groups excluding carboxylic acids is 4. The minimum Gasteiger partial charge on any atom is -0.459 e. The summed E-state index contributed by atoms with van der Waals surface area (Å²) in [6.45, 7) is -0.840. The molecule has 0 aliphatic rings. The highest BCUT2D eigenvalue weighted by Crippen LogP contribution is 2.16. The molecule has 172 valence electrons. The Morgan fingerprint density at radius 3 is 2.23 bits per heavy atom. The maximum absolute atomic E-state index is 12.4. The second-order valence-corrected chi connectivity index (χ2v) is 6.24. The van der Waals surface area contributed by atoms with Crippen molar-refractivity contribution in [2.75, 3.05) is 13.2 Å². The monoisotopic (exact) mass is 449 g/mol. The average Bonchev–Trinajstić information content (AvgIpc) is 2.72. The summed E-state index contributed by atoms with van der Waals surface area (Å²) in [5, 5.41) is 13.8. The van der Waals surface area contributed by atoms with Crippen molar-refractivity contribution < 1.29 is 46.9 Å². The number of esters is 2. The number of ether oxygens (including phenoxy) is 2. The standard InChI is InChI=1S/C18H22F3N3O7/c1-10(25)14(24-13(26)7-22)15(27)23-12(9-31-17(29)18(19,20)21)16(28)30-8-11-5-3-2-4-6-11/h2-6,10,12,14,25H,7-9,22H2,1H3,(H,23,27)(H,24,26)/t10-,12+,14+/m1/s1. The van der Waals surface area contributed by atoms with Crippen molar-refractivity contribution in [2.45, 2.75) is 37.9 Å². The van der Waals surface area contributed by atoms with E-state index in [9.17, 15) is 37.5 Å². The predicted molar refractivity (Wildman–Crippen MR) is 97.8 cm³/mol. The van der Waals surface area contributed by atoms with Crippen molar-refractivity contribution in [3.8, 4) is 0 Å². The van der Waals surface area contributed by atoms with Gasteiger partial charge in [0.25, 0.3) is 0 Å². The van der Waals surface area contributed by atoms with Gasteiger partial charge in [0.15, 0.2) is 6.04 Å². The molecule has 5 N–H and O–H groups in total. The van der Waals surface area contributed by atoms with Gasteiger partial charge in [-0.3, -0.25) is 9.59 Å². The molecule has 0 saturated carbocycles. The van der Waals surface area contributed by atoms with Crippen LogP contribution < -0.4 is 16.4 Å². The van der Waals surface area contributed by atoms with E-state index in [0.29, 0.717) is 5.56 Å². The molecule has 0 bridgehead atoms. The number of alkyl halides is 3. The van der Waals surface area contributed by atoms with Crippen LogP contribution >= 0.6 is 0 Å².